The van der Waals surface area contributed by atoms with Crippen LogP contribution in [0.5, 0.6) is 5.75 Å². The number of amides is 4. The van der Waals surface area contributed by atoms with Crippen LogP contribution in [0.25, 0.3) is 0 Å². The van der Waals surface area contributed by atoms with Crippen molar-refractivity contribution in [2.75, 3.05) is 52.3 Å². The van der Waals surface area contributed by atoms with E-state index < -0.39 is 6.03 Å². The fourth-order valence-electron chi connectivity index (χ4n) is 2.42. The molecule has 120 valence electrons. The summed E-state index contributed by atoms with van der Waals surface area (Å²) in [4.78, 5) is 28.7. The molecule has 22 heavy (non-hydrogen) atoms. The van der Waals surface area contributed by atoms with E-state index in [1.54, 1.807) is 12.0 Å². The molecule has 0 radical (unpaired) electrons. The van der Waals surface area contributed by atoms with Gasteiger partial charge in [0.2, 0.25) is 0 Å². The lowest BCUT2D eigenvalue weighted by molar-refractivity contribution is 0.160. The zero-order chi connectivity index (χ0) is 16.1. The van der Waals surface area contributed by atoms with Gasteiger partial charge in [0.1, 0.15) is 5.75 Å². The smallest absolute Gasteiger partial charge is 0.327 e. The van der Waals surface area contributed by atoms with E-state index in [0.717, 1.165) is 29.4 Å². The molecule has 7 heteroatoms. The Morgan fingerprint density at radius 2 is 1.73 bits per heavy atom. The van der Waals surface area contributed by atoms with Crippen LogP contribution in [0.2, 0.25) is 0 Å². The monoisotopic (exact) mass is 306 g/mol. The first-order valence-electron chi connectivity index (χ1n) is 7.20. The molecule has 1 saturated heterocycles. The Bertz CT molecular complexity index is 524. The average Bonchev–Trinajstić information content (AvgIpc) is 2.60. The van der Waals surface area contributed by atoms with Crippen LogP contribution in [0.4, 0.5) is 15.3 Å². The van der Waals surface area contributed by atoms with E-state index in [9.17, 15) is 9.59 Å². The Kier molecular flexibility index (Phi) is 5.08. The number of hydrogen-bond donors (Lipinski definition) is 1. The van der Waals surface area contributed by atoms with Crippen LogP contribution in [0.3, 0.4) is 0 Å². The molecule has 1 heterocycles. The number of carbonyl (C=O) groups excluding carboxylic acids is 2. The maximum absolute atomic E-state index is 12.2. The Morgan fingerprint density at radius 3 is 2.23 bits per heavy atom. The quantitative estimate of drug-likeness (QED) is 0.892. The van der Waals surface area contributed by atoms with Crippen molar-refractivity contribution in [1.82, 2.24) is 15.1 Å². The van der Waals surface area contributed by atoms with E-state index >= 15 is 0 Å². The number of urea groups is 2. The number of hydrogen-bond acceptors (Lipinski definition) is 4. The van der Waals surface area contributed by atoms with Crippen LogP contribution >= 0.6 is 0 Å². The summed E-state index contributed by atoms with van der Waals surface area (Å²) in [5, 5.41) is 2.45. The van der Waals surface area contributed by atoms with Crippen LogP contribution in [0, 0.1) is 0 Å². The van der Waals surface area contributed by atoms with Crippen LogP contribution in [0.1, 0.15) is 0 Å². The van der Waals surface area contributed by atoms with Crippen molar-refractivity contribution in [2.24, 2.45) is 0 Å². The highest BCUT2D eigenvalue weighted by Crippen LogP contribution is 2.20. The number of carbonyl (C=O) groups is 2. The van der Waals surface area contributed by atoms with Gasteiger partial charge in [-0.05, 0) is 24.3 Å². The molecule has 2 rings (SSSR count). The summed E-state index contributed by atoms with van der Waals surface area (Å²) in [5.41, 5.74) is 1.10. The zero-order valence-corrected chi connectivity index (χ0v) is 13.2. The van der Waals surface area contributed by atoms with Gasteiger partial charge in [0.15, 0.2) is 0 Å². The largest absolute Gasteiger partial charge is 0.497 e. The number of anilines is 1. The number of benzene rings is 1. The van der Waals surface area contributed by atoms with Crippen LogP contribution in [-0.2, 0) is 0 Å². The molecule has 1 fully saturated rings. The summed E-state index contributed by atoms with van der Waals surface area (Å²) >= 11 is 0. The predicted octanol–water partition coefficient (Wildman–Crippen LogP) is 1.21. The van der Waals surface area contributed by atoms with E-state index in [1.165, 1.54) is 14.1 Å². The lowest BCUT2D eigenvalue weighted by atomic mass is 10.2. The third-order valence-electron chi connectivity index (χ3n) is 3.79. The first kappa shape index (κ1) is 15.9. The summed E-state index contributed by atoms with van der Waals surface area (Å²) < 4.78 is 5.15. The van der Waals surface area contributed by atoms with E-state index in [1.807, 2.05) is 24.3 Å². The normalized spacial score (nSPS) is 14.5. The molecule has 1 aliphatic rings. The maximum Gasteiger partial charge on any atom is 0.327 e. The third kappa shape index (κ3) is 3.41. The summed E-state index contributed by atoms with van der Waals surface area (Å²) in [6.07, 6.45) is 0. The molecule has 0 atom stereocenters. The van der Waals surface area contributed by atoms with Crippen molar-refractivity contribution in [3.63, 3.8) is 0 Å². The van der Waals surface area contributed by atoms with E-state index in [2.05, 4.69) is 10.2 Å². The Balaban J connectivity index is 1.92. The van der Waals surface area contributed by atoms with E-state index in [-0.39, 0.29) is 6.03 Å². The van der Waals surface area contributed by atoms with Gasteiger partial charge in [-0.25, -0.2) is 14.5 Å². The molecule has 1 aromatic carbocycles. The van der Waals surface area contributed by atoms with Crippen LogP contribution < -0.4 is 15.0 Å². The van der Waals surface area contributed by atoms with Crippen molar-refractivity contribution in [3.05, 3.63) is 24.3 Å². The molecule has 0 bridgehead atoms. The summed E-state index contributed by atoms with van der Waals surface area (Å²) in [6, 6.07) is 7.19. The predicted molar refractivity (Wildman–Crippen MR) is 84.4 cm³/mol. The molecule has 1 aliphatic heterocycles. The van der Waals surface area contributed by atoms with Gasteiger partial charge in [-0.1, -0.05) is 0 Å². The minimum Gasteiger partial charge on any atom is -0.497 e. The average molecular weight is 306 g/mol. The first-order valence-corrected chi connectivity index (χ1v) is 7.20. The van der Waals surface area contributed by atoms with Gasteiger partial charge in [-0.15, -0.1) is 0 Å². The molecule has 0 aromatic heterocycles. The lowest BCUT2D eigenvalue weighted by Gasteiger charge is -2.37. The molecular weight excluding hydrogens is 284 g/mol. The Morgan fingerprint density at radius 1 is 1.14 bits per heavy atom. The number of nitrogens with one attached hydrogen (secondary N) is 1. The molecule has 1 aromatic rings. The fourth-order valence-corrected chi connectivity index (χ4v) is 2.42. The van der Waals surface area contributed by atoms with Gasteiger partial charge in [-0.3, -0.25) is 0 Å². The number of ether oxygens (including phenoxy) is 1. The number of piperazine rings is 1. The van der Waals surface area contributed by atoms with Gasteiger partial charge < -0.3 is 19.9 Å². The van der Waals surface area contributed by atoms with Crippen LogP contribution in [0.15, 0.2) is 24.3 Å². The maximum atomic E-state index is 12.2. The van der Waals surface area contributed by atoms with Gasteiger partial charge in [0.05, 0.1) is 7.11 Å². The number of rotatable bonds is 2. The van der Waals surface area contributed by atoms with Crippen molar-refractivity contribution in [2.45, 2.75) is 0 Å². The van der Waals surface area contributed by atoms with Gasteiger partial charge >= 0.3 is 12.1 Å². The fraction of sp³-hybridized carbons (Fsp3) is 0.467. The van der Waals surface area contributed by atoms with Gasteiger partial charge in [0.25, 0.3) is 0 Å². The van der Waals surface area contributed by atoms with Crippen molar-refractivity contribution >= 4 is 17.7 Å². The SMILES string of the molecule is CNC(=O)N(C)C(=O)N1CCN(c2ccc(OC)cc2)CC1. The Hall–Kier alpha value is -2.44. The molecule has 0 unspecified atom stereocenters. The standard InChI is InChI=1S/C15H22N4O3/c1-16-14(20)17(2)15(21)19-10-8-18(9-11-19)12-4-6-13(22-3)7-5-12/h4-7H,8-11H2,1-3H3,(H,16,20). The first-order chi connectivity index (χ1) is 10.6. The highest BCUT2D eigenvalue weighted by atomic mass is 16.5. The van der Waals surface area contributed by atoms with E-state index in [0.29, 0.717) is 13.1 Å². The molecule has 7 nitrogen and oxygen atoms in total. The highest BCUT2D eigenvalue weighted by molar-refractivity contribution is 5.93. The second-order valence-electron chi connectivity index (χ2n) is 5.07. The zero-order valence-electron chi connectivity index (χ0n) is 13.2. The molecule has 0 saturated carbocycles. The minimum atomic E-state index is -0.400. The second kappa shape index (κ2) is 7.02. The molecular formula is C15H22N4O3. The summed E-state index contributed by atoms with van der Waals surface area (Å²) in [7, 11) is 4.63. The van der Waals surface area contributed by atoms with Crippen molar-refractivity contribution < 1.29 is 14.3 Å². The molecule has 0 aliphatic carbocycles. The van der Waals surface area contributed by atoms with E-state index in [4.69, 9.17) is 4.74 Å². The highest BCUT2D eigenvalue weighted by Gasteiger charge is 2.26. The van der Waals surface area contributed by atoms with Crippen molar-refractivity contribution in [1.29, 1.82) is 0 Å². The molecule has 1 N–H and O–H groups in total. The van der Waals surface area contributed by atoms with Gasteiger partial charge in [0, 0.05) is 46.0 Å². The Labute approximate surface area is 130 Å². The van der Waals surface area contributed by atoms with Crippen molar-refractivity contribution in [3.8, 4) is 5.75 Å². The summed E-state index contributed by atoms with van der Waals surface area (Å²) in [6.45, 7) is 2.65. The number of methoxy groups -OCH3 is 1. The number of nitrogens with zero attached hydrogens (tertiary/aromatic N) is 3. The molecule has 0 spiro atoms. The lowest BCUT2D eigenvalue weighted by Crippen LogP contribution is -2.54. The summed E-state index contributed by atoms with van der Waals surface area (Å²) in [5.74, 6) is 0.824. The molecule has 4 amide bonds. The van der Waals surface area contributed by atoms with Gasteiger partial charge in [-0.2, -0.15) is 0 Å². The topological polar surface area (TPSA) is 65.1 Å². The number of imide groups is 1. The second-order valence-corrected chi connectivity index (χ2v) is 5.07. The van der Waals surface area contributed by atoms with Crippen LogP contribution in [-0.4, -0.2) is 69.2 Å². The minimum absolute atomic E-state index is 0.270. The third-order valence-corrected chi connectivity index (χ3v) is 3.79.